The number of nitrogens with one attached hydrogen (secondary N) is 1. The van der Waals surface area contributed by atoms with Gasteiger partial charge in [0.1, 0.15) is 0 Å². The molecule has 0 radical (unpaired) electrons. The van der Waals surface area contributed by atoms with Crippen LogP contribution in [0.4, 0.5) is 0 Å². The Kier molecular flexibility index (Phi) is 5.49. The van der Waals surface area contributed by atoms with Crippen LogP contribution in [-0.4, -0.2) is 6.54 Å². The lowest BCUT2D eigenvalue weighted by Crippen LogP contribution is -2.22. The van der Waals surface area contributed by atoms with Gasteiger partial charge in [0.2, 0.25) is 0 Å². The maximum atomic E-state index is 6.21. The first-order valence-electron chi connectivity index (χ1n) is 5.97. The van der Waals surface area contributed by atoms with E-state index in [1.807, 2.05) is 12.1 Å². The second-order valence-electron chi connectivity index (χ2n) is 4.23. The van der Waals surface area contributed by atoms with Gasteiger partial charge in [0, 0.05) is 9.35 Å². The molecule has 0 spiro atoms. The third-order valence-corrected chi connectivity index (χ3v) is 5.72. The third-order valence-electron chi connectivity index (χ3n) is 2.92. The van der Waals surface area contributed by atoms with Crippen LogP contribution in [0.3, 0.4) is 0 Å². The maximum absolute atomic E-state index is 6.21. The Balaban J connectivity index is 2.44. The molecule has 0 aliphatic carbocycles. The SMILES string of the molecule is CCNC(c1ccc(Br)c(Cl)c1)c1cc(Br)sc1C. The molecular weight excluding hydrogens is 409 g/mol. The Labute approximate surface area is 139 Å². The summed E-state index contributed by atoms with van der Waals surface area (Å²) >= 11 is 15.0. The van der Waals surface area contributed by atoms with Gasteiger partial charge in [-0.3, -0.25) is 0 Å². The smallest absolute Gasteiger partial charge is 0.0704 e. The zero-order valence-corrected chi connectivity index (χ0v) is 15.4. The molecule has 0 aliphatic rings. The van der Waals surface area contributed by atoms with Gasteiger partial charge in [-0.15, -0.1) is 11.3 Å². The van der Waals surface area contributed by atoms with Crippen molar-refractivity contribution >= 4 is 54.8 Å². The zero-order valence-electron chi connectivity index (χ0n) is 10.6. The summed E-state index contributed by atoms with van der Waals surface area (Å²) in [6.07, 6.45) is 0. The molecule has 102 valence electrons. The molecule has 1 unspecified atom stereocenters. The van der Waals surface area contributed by atoms with E-state index in [9.17, 15) is 0 Å². The van der Waals surface area contributed by atoms with Crippen LogP contribution in [-0.2, 0) is 0 Å². The molecule has 0 saturated carbocycles. The highest BCUT2D eigenvalue weighted by molar-refractivity contribution is 9.11. The van der Waals surface area contributed by atoms with Crippen LogP contribution in [0.5, 0.6) is 0 Å². The third kappa shape index (κ3) is 3.61. The predicted molar refractivity (Wildman–Crippen MR) is 91.4 cm³/mol. The van der Waals surface area contributed by atoms with Gasteiger partial charge < -0.3 is 5.32 Å². The number of rotatable bonds is 4. The number of aryl methyl sites for hydroxylation is 1. The summed E-state index contributed by atoms with van der Waals surface area (Å²) in [5, 5.41) is 4.27. The predicted octanol–water partition coefficient (Wildman–Crippen LogP) is 5.93. The summed E-state index contributed by atoms with van der Waals surface area (Å²) in [5.41, 5.74) is 2.49. The maximum Gasteiger partial charge on any atom is 0.0704 e. The Morgan fingerprint density at radius 3 is 2.58 bits per heavy atom. The molecule has 0 aliphatic heterocycles. The molecule has 19 heavy (non-hydrogen) atoms. The fraction of sp³-hybridized carbons (Fsp3) is 0.286. The molecule has 0 amide bonds. The van der Waals surface area contributed by atoms with Gasteiger partial charge in [-0.25, -0.2) is 0 Å². The van der Waals surface area contributed by atoms with E-state index in [1.165, 1.54) is 16.0 Å². The lowest BCUT2D eigenvalue weighted by atomic mass is 9.99. The van der Waals surface area contributed by atoms with Crippen LogP contribution >= 0.6 is 54.8 Å². The molecular formula is C14H14Br2ClNS. The first kappa shape index (κ1) is 15.5. The van der Waals surface area contributed by atoms with E-state index < -0.39 is 0 Å². The highest BCUT2D eigenvalue weighted by Gasteiger charge is 2.18. The summed E-state index contributed by atoms with van der Waals surface area (Å²) in [6, 6.07) is 8.48. The molecule has 0 bridgehead atoms. The molecule has 2 rings (SSSR count). The van der Waals surface area contributed by atoms with E-state index in [1.54, 1.807) is 11.3 Å². The fourth-order valence-electron chi connectivity index (χ4n) is 2.05. The summed E-state index contributed by atoms with van der Waals surface area (Å²) in [4.78, 5) is 1.32. The molecule has 1 heterocycles. The summed E-state index contributed by atoms with van der Waals surface area (Å²) < 4.78 is 2.09. The largest absolute Gasteiger partial charge is 0.306 e. The lowest BCUT2D eigenvalue weighted by molar-refractivity contribution is 0.630. The summed E-state index contributed by atoms with van der Waals surface area (Å²) in [7, 11) is 0. The van der Waals surface area contributed by atoms with Gasteiger partial charge >= 0.3 is 0 Å². The number of hydrogen-bond donors (Lipinski definition) is 1. The van der Waals surface area contributed by atoms with Gasteiger partial charge in [-0.2, -0.15) is 0 Å². The minimum atomic E-state index is 0.179. The Morgan fingerprint density at radius 1 is 1.32 bits per heavy atom. The van der Waals surface area contributed by atoms with Gasteiger partial charge in [-0.1, -0.05) is 24.6 Å². The van der Waals surface area contributed by atoms with E-state index in [-0.39, 0.29) is 6.04 Å². The van der Waals surface area contributed by atoms with E-state index in [2.05, 4.69) is 63.2 Å². The fourth-order valence-corrected chi connectivity index (χ4v) is 4.23. The molecule has 0 saturated heterocycles. The van der Waals surface area contributed by atoms with Crippen molar-refractivity contribution in [1.82, 2.24) is 5.32 Å². The molecule has 2 aromatic rings. The minimum Gasteiger partial charge on any atom is -0.306 e. The quantitative estimate of drug-likeness (QED) is 0.642. The average Bonchev–Trinajstić information content (AvgIpc) is 2.69. The monoisotopic (exact) mass is 421 g/mol. The van der Waals surface area contributed by atoms with Crippen LogP contribution in [0, 0.1) is 6.92 Å². The van der Waals surface area contributed by atoms with Crippen molar-refractivity contribution in [1.29, 1.82) is 0 Å². The highest BCUT2D eigenvalue weighted by atomic mass is 79.9. The highest BCUT2D eigenvalue weighted by Crippen LogP contribution is 2.35. The summed E-state index contributed by atoms with van der Waals surface area (Å²) in [5.74, 6) is 0. The molecule has 1 N–H and O–H groups in total. The van der Waals surface area contributed by atoms with Gasteiger partial charge in [0.15, 0.2) is 0 Å². The Morgan fingerprint density at radius 2 is 2.05 bits per heavy atom. The van der Waals surface area contributed by atoms with Crippen molar-refractivity contribution in [3.63, 3.8) is 0 Å². The van der Waals surface area contributed by atoms with Crippen LogP contribution in [0.25, 0.3) is 0 Å². The molecule has 1 aromatic heterocycles. The number of thiophene rings is 1. The Hall–Kier alpha value is 0.130. The standard InChI is InChI=1S/C14H14Br2ClNS/c1-3-18-14(10-7-13(16)19-8(10)2)9-4-5-11(15)12(17)6-9/h4-7,14,18H,3H2,1-2H3. The summed E-state index contributed by atoms with van der Waals surface area (Å²) in [6.45, 7) is 5.17. The van der Waals surface area contributed by atoms with Gasteiger partial charge in [0.05, 0.1) is 14.9 Å². The number of benzene rings is 1. The molecule has 5 heteroatoms. The van der Waals surface area contributed by atoms with Crippen molar-refractivity contribution < 1.29 is 0 Å². The van der Waals surface area contributed by atoms with Crippen molar-refractivity contribution in [2.75, 3.05) is 6.54 Å². The van der Waals surface area contributed by atoms with Crippen molar-refractivity contribution in [2.45, 2.75) is 19.9 Å². The topological polar surface area (TPSA) is 12.0 Å². The normalized spacial score (nSPS) is 12.7. The van der Waals surface area contributed by atoms with Crippen LogP contribution in [0.15, 0.2) is 32.5 Å². The van der Waals surface area contributed by atoms with E-state index in [4.69, 9.17) is 11.6 Å². The second kappa shape index (κ2) is 6.72. The zero-order chi connectivity index (χ0) is 14.0. The van der Waals surface area contributed by atoms with E-state index in [0.717, 1.165) is 19.8 Å². The number of hydrogen-bond acceptors (Lipinski definition) is 2. The van der Waals surface area contributed by atoms with E-state index in [0.29, 0.717) is 0 Å². The first-order chi connectivity index (χ1) is 9.02. The van der Waals surface area contributed by atoms with Gasteiger partial charge in [-0.05, 0) is 74.7 Å². The van der Waals surface area contributed by atoms with Gasteiger partial charge in [0.25, 0.3) is 0 Å². The molecule has 1 nitrogen and oxygen atoms in total. The first-order valence-corrected chi connectivity index (χ1v) is 8.75. The van der Waals surface area contributed by atoms with Crippen molar-refractivity contribution in [3.8, 4) is 0 Å². The molecule has 0 fully saturated rings. The van der Waals surface area contributed by atoms with Crippen molar-refractivity contribution in [2.24, 2.45) is 0 Å². The molecule has 1 atom stereocenters. The molecule has 1 aromatic carbocycles. The van der Waals surface area contributed by atoms with Crippen LogP contribution in [0.1, 0.15) is 29.0 Å². The minimum absolute atomic E-state index is 0.179. The lowest BCUT2D eigenvalue weighted by Gasteiger charge is -2.19. The number of halogens is 3. The van der Waals surface area contributed by atoms with Crippen molar-refractivity contribution in [3.05, 3.63) is 53.6 Å². The van der Waals surface area contributed by atoms with E-state index >= 15 is 0 Å². The average molecular weight is 424 g/mol. The Bertz CT molecular complexity index is 583. The van der Waals surface area contributed by atoms with Crippen LogP contribution < -0.4 is 5.32 Å². The second-order valence-corrected chi connectivity index (χ2v) is 8.12. The van der Waals surface area contributed by atoms with Crippen LogP contribution in [0.2, 0.25) is 5.02 Å².